The SMILES string of the molecule is [2H]c1c([2H])c([2H])c(-c2c([2H])c([2H])c([2H])c(Sc3cc(-n4c5c([2H])c([2H])c([2H])c([2H])c5c5c([2H])c([2H])c([2H])c([2H])c54)c([2H])c(N(c4cc(N(c5c(-c6ccccc6)cc(C(C)(C)C)cc5-c5ccccc5)c5c([2H])c([2H])c([2H])c(-c6c([2H])c([2H])c([2H])c([2H])c6[2H])c5[2H])cc(C(C)(C)C)c4)c4c(-c5ccccc5)cc(C(C)(C)C)cc4-c4ccccc4)c3[2H])c2[2H])c([2H])c1[2H]. The van der Waals surface area contributed by atoms with Crippen LogP contribution in [0.1, 0.15) is 117 Å². The molecular weight excluding hydrogens is 1230 g/mol. The lowest BCUT2D eigenvalue weighted by atomic mass is 9.81. The summed E-state index contributed by atoms with van der Waals surface area (Å²) in [5.41, 5.74) is -0.970. The van der Waals surface area contributed by atoms with Gasteiger partial charge in [-0.2, -0.15) is 0 Å². The van der Waals surface area contributed by atoms with Crippen molar-refractivity contribution in [2.24, 2.45) is 0 Å². The summed E-state index contributed by atoms with van der Waals surface area (Å²) in [5.74, 6) is 0. The van der Waals surface area contributed by atoms with Crippen molar-refractivity contribution < 1.29 is 38.4 Å². The van der Waals surface area contributed by atoms with Gasteiger partial charge in [0.2, 0.25) is 0 Å². The third kappa shape index (κ3) is 13.1. The van der Waals surface area contributed by atoms with Crippen LogP contribution < -0.4 is 9.80 Å². The van der Waals surface area contributed by atoms with E-state index in [-0.39, 0.29) is 27.6 Å². The van der Waals surface area contributed by atoms with Crippen molar-refractivity contribution in [1.82, 2.24) is 4.57 Å². The van der Waals surface area contributed by atoms with E-state index < -0.39 is 251 Å². The monoisotopic (exact) mass is 1340 g/mol. The molecule has 0 N–H and O–H groups in total. The molecule has 14 aromatic carbocycles. The number of rotatable bonds is 15. The van der Waals surface area contributed by atoms with Gasteiger partial charge in [-0.15, -0.1) is 0 Å². The number of hydrogen-bond acceptors (Lipinski definition) is 3. The zero-order chi connectivity index (χ0) is 93.1. The van der Waals surface area contributed by atoms with Crippen LogP contribution in [0.15, 0.2) is 349 Å². The van der Waals surface area contributed by atoms with Gasteiger partial charge in [-0.1, -0.05) is 316 Å². The zero-order valence-corrected chi connectivity index (χ0v) is 57.2. The van der Waals surface area contributed by atoms with Gasteiger partial charge >= 0.3 is 0 Å². The van der Waals surface area contributed by atoms with Gasteiger partial charge in [-0.3, -0.25) is 0 Å². The second kappa shape index (κ2) is 26.9. The van der Waals surface area contributed by atoms with E-state index in [1.807, 2.05) is 208 Å². The minimum Gasteiger partial charge on any atom is -0.309 e. The maximum absolute atomic E-state index is 11.7. The van der Waals surface area contributed by atoms with Gasteiger partial charge in [0.15, 0.2) is 0 Å². The second-order valence-corrected chi connectivity index (χ2v) is 28.3. The van der Waals surface area contributed by atoms with Crippen molar-refractivity contribution in [3.8, 4) is 72.4 Å². The molecule has 15 rings (SSSR count). The number of fused-ring (bicyclic) bond motifs is 3. The van der Waals surface area contributed by atoms with Crippen LogP contribution in [-0.4, -0.2) is 4.57 Å². The molecule has 0 radical (unpaired) electrons. The minimum absolute atomic E-state index is 0.00948. The number of anilines is 6. The first kappa shape index (κ1) is 40.0. The van der Waals surface area contributed by atoms with Crippen LogP contribution >= 0.6 is 11.8 Å². The molecule has 0 atom stereocenters. The molecule has 0 saturated carbocycles. The Morgan fingerprint density at radius 3 is 1.09 bits per heavy atom. The number of hydrogen-bond donors (Lipinski definition) is 0. The highest BCUT2D eigenvalue weighted by Gasteiger charge is 2.32. The molecule has 3 nitrogen and oxygen atoms in total. The first-order valence-corrected chi connectivity index (χ1v) is 33.5. The molecule has 0 spiro atoms. The highest BCUT2D eigenvalue weighted by atomic mass is 32.2. The Morgan fingerprint density at radius 1 is 0.290 bits per heavy atom. The van der Waals surface area contributed by atoms with E-state index in [9.17, 15) is 27.4 Å². The van der Waals surface area contributed by atoms with E-state index in [0.29, 0.717) is 61.8 Å². The molecule has 488 valence electrons. The average molecular weight is 1340 g/mol. The normalized spacial score (nSPS) is 15.8. The summed E-state index contributed by atoms with van der Waals surface area (Å²) < 4.78 is 272. The summed E-state index contributed by atoms with van der Waals surface area (Å²) in [6.45, 7) is 17.9. The van der Waals surface area contributed by atoms with E-state index in [1.165, 1.54) is 6.07 Å². The Morgan fingerprint density at radius 2 is 0.660 bits per heavy atom. The van der Waals surface area contributed by atoms with Gasteiger partial charge in [0.25, 0.3) is 0 Å². The zero-order valence-electron chi connectivity index (χ0n) is 84.4. The molecule has 0 aliphatic heterocycles. The van der Waals surface area contributed by atoms with Gasteiger partial charge in [-0.25, -0.2) is 0 Å². The second-order valence-electron chi connectivity index (χ2n) is 27.3. The summed E-state index contributed by atoms with van der Waals surface area (Å²) in [6, 6.07) is 28.4. The topological polar surface area (TPSA) is 11.4 Å². The molecule has 0 aliphatic rings. The molecule has 4 heteroatoms. The van der Waals surface area contributed by atoms with Crippen molar-refractivity contribution in [2.45, 2.75) is 88.3 Å². The lowest BCUT2D eigenvalue weighted by molar-refractivity contribution is 0.590. The highest BCUT2D eigenvalue weighted by molar-refractivity contribution is 7.99. The van der Waals surface area contributed by atoms with Gasteiger partial charge in [0.05, 0.1) is 60.8 Å². The molecule has 15 aromatic rings. The fraction of sp³-hybridized carbons (Fsp3) is 0.125. The largest absolute Gasteiger partial charge is 0.309 e. The molecule has 1 aromatic heterocycles. The Kier molecular flexibility index (Phi) is 10.8. The first-order chi connectivity index (χ1) is 60.1. The fourth-order valence-electron chi connectivity index (χ4n) is 12.3. The summed E-state index contributed by atoms with van der Waals surface area (Å²) in [6.07, 6.45) is 0. The lowest BCUT2D eigenvalue weighted by Crippen LogP contribution is -2.20. The smallest absolute Gasteiger partial charge is 0.0667 e. The fourth-order valence-corrected chi connectivity index (χ4v) is 13.1. The third-order valence-electron chi connectivity index (χ3n) is 17.4. The molecule has 0 aliphatic carbocycles. The van der Waals surface area contributed by atoms with E-state index in [1.54, 1.807) is 28.0 Å². The number of benzene rings is 14. The molecule has 0 amide bonds. The minimum atomic E-state index is -1.07. The van der Waals surface area contributed by atoms with Gasteiger partial charge in [0.1, 0.15) is 0 Å². The standard InChI is InChI=1S/C96H83N3S/c1-94(2,3)74-56-78(97(77-48-32-46-72(54-77)66-34-16-10-17-35-66)92-86(68-38-20-12-21-39-68)58-75(95(4,5)6)59-87(92)69-40-22-13-23-41-69)62-79(57-74)98(93-88(70-42-24-14-25-43-70)60-76(96(7,8)9)61-89(93)71-44-26-15-27-45-71)80-63-81(99-90-52-30-28-50-84(90)85-51-29-31-53-91(85)99)65-83(64-80)100-82-49-33-47-73(55-82)67-36-18-11-19-37-67/h10-65H,1-9H3/i10D,11D,16D,17D,18D,19D,28D,29D,30D,31D,32D,33D,34D,35D,36D,37D,46D,47D,48D,49D,50D,51D,52D,53D,54D,55D,63D,64D. The Balaban J connectivity index is 1.23. The van der Waals surface area contributed by atoms with Crippen molar-refractivity contribution in [3.63, 3.8) is 0 Å². The predicted molar refractivity (Wildman–Crippen MR) is 429 cm³/mol. The molecule has 0 bridgehead atoms. The van der Waals surface area contributed by atoms with Crippen LogP contribution in [0, 0.1) is 0 Å². The van der Waals surface area contributed by atoms with E-state index in [4.69, 9.17) is 11.0 Å². The quantitative estimate of drug-likeness (QED) is 0.101. The van der Waals surface area contributed by atoms with E-state index in [0.717, 1.165) is 15.7 Å². The maximum Gasteiger partial charge on any atom is 0.0667 e. The van der Waals surface area contributed by atoms with Crippen LogP contribution in [-0.2, 0) is 16.2 Å². The third-order valence-corrected chi connectivity index (χ3v) is 18.3. The number of aromatic nitrogens is 1. The van der Waals surface area contributed by atoms with Gasteiger partial charge < -0.3 is 14.4 Å². The first-order valence-electron chi connectivity index (χ1n) is 46.7. The molecule has 1 heterocycles. The summed E-state index contributed by atoms with van der Waals surface area (Å²) in [7, 11) is 0. The van der Waals surface area contributed by atoms with Crippen molar-refractivity contribution >= 4 is 67.7 Å². The van der Waals surface area contributed by atoms with Crippen LogP contribution in [0.5, 0.6) is 0 Å². The Labute approximate surface area is 634 Å². The molecular formula is C96H83N3S. The van der Waals surface area contributed by atoms with E-state index >= 15 is 0 Å². The Hall–Kier alpha value is -11.2. The van der Waals surface area contributed by atoms with Crippen LogP contribution in [0.3, 0.4) is 0 Å². The van der Waals surface area contributed by atoms with Crippen LogP contribution in [0.25, 0.3) is 94.3 Å². The number of para-hydroxylation sites is 2. The van der Waals surface area contributed by atoms with E-state index in [2.05, 4.69) is 0 Å². The molecule has 0 unspecified atom stereocenters. The highest BCUT2D eigenvalue weighted by Crippen LogP contribution is 2.55. The van der Waals surface area contributed by atoms with Crippen molar-refractivity contribution in [3.05, 3.63) is 356 Å². The number of nitrogens with zero attached hydrogens (tertiary/aromatic N) is 3. The molecule has 0 fully saturated rings. The summed E-state index contributed by atoms with van der Waals surface area (Å²) in [4.78, 5) is 2.26. The summed E-state index contributed by atoms with van der Waals surface area (Å²) >= 11 is 0.442. The summed E-state index contributed by atoms with van der Waals surface area (Å²) in [5, 5.41) is -0.833. The van der Waals surface area contributed by atoms with Crippen molar-refractivity contribution in [1.29, 1.82) is 0 Å². The van der Waals surface area contributed by atoms with Gasteiger partial charge in [-0.05, 0) is 174 Å². The van der Waals surface area contributed by atoms with Gasteiger partial charge in [0, 0.05) is 71.3 Å². The lowest BCUT2D eigenvalue weighted by Gasteiger charge is -2.36. The van der Waals surface area contributed by atoms with Crippen LogP contribution in [0.2, 0.25) is 0 Å². The maximum atomic E-state index is 11.7. The van der Waals surface area contributed by atoms with Crippen molar-refractivity contribution in [2.75, 3.05) is 9.80 Å². The Bertz CT molecular complexity index is 6930. The predicted octanol–water partition coefficient (Wildman–Crippen LogP) is 27.8. The molecule has 100 heavy (non-hydrogen) atoms. The molecule has 0 saturated heterocycles. The average Bonchev–Trinajstić information content (AvgIpc) is 1.54. The van der Waals surface area contributed by atoms with Crippen LogP contribution in [0.4, 0.5) is 34.1 Å².